The van der Waals surface area contributed by atoms with Crippen molar-refractivity contribution in [2.75, 3.05) is 7.11 Å². The molecule has 2 aromatic rings. The second-order valence-corrected chi connectivity index (χ2v) is 2.51. The lowest BCUT2D eigenvalue weighted by molar-refractivity contribution is 0.397. The van der Waals surface area contributed by atoms with Gasteiger partial charge in [-0.05, 0) is 0 Å². The molecule has 2 aromatic heterocycles. The highest BCUT2D eigenvalue weighted by atomic mass is 16.5. The smallest absolute Gasteiger partial charge is 0.216 e. The third kappa shape index (κ3) is 1.66. The molecule has 2 rings (SSSR count). The number of methoxy groups -OCH3 is 1. The van der Waals surface area contributed by atoms with E-state index in [0.29, 0.717) is 17.4 Å². The Kier molecular flexibility index (Phi) is 2.31. The van der Waals surface area contributed by atoms with Crippen molar-refractivity contribution >= 4 is 0 Å². The minimum Gasteiger partial charge on any atom is -0.481 e. The SMILES string of the molecule is COc1ccnc(-c2cnccn2)n1. The minimum atomic E-state index is 0.512. The maximum atomic E-state index is 4.98. The molecule has 2 heterocycles. The van der Waals surface area contributed by atoms with Crippen LogP contribution in [0.2, 0.25) is 0 Å². The van der Waals surface area contributed by atoms with Gasteiger partial charge in [0.25, 0.3) is 0 Å². The fourth-order valence-corrected chi connectivity index (χ4v) is 0.994. The monoisotopic (exact) mass is 188 g/mol. The summed E-state index contributed by atoms with van der Waals surface area (Å²) < 4.78 is 4.98. The van der Waals surface area contributed by atoms with Crippen LogP contribution >= 0.6 is 0 Å². The van der Waals surface area contributed by atoms with E-state index in [1.807, 2.05) is 0 Å². The van der Waals surface area contributed by atoms with Gasteiger partial charge >= 0.3 is 0 Å². The van der Waals surface area contributed by atoms with Crippen LogP contribution in [0.25, 0.3) is 11.5 Å². The van der Waals surface area contributed by atoms with Gasteiger partial charge in [0.2, 0.25) is 5.88 Å². The van der Waals surface area contributed by atoms with Crippen molar-refractivity contribution in [3.8, 4) is 17.4 Å². The first kappa shape index (κ1) is 8.55. The quantitative estimate of drug-likeness (QED) is 0.701. The van der Waals surface area contributed by atoms with Gasteiger partial charge in [0, 0.05) is 24.7 Å². The molecule has 0 spiro atoms. The first-order chi connectivity index (χ1) is 6.90. The number of hydrogen-bond donors (Lipinski definition) is 0. The molecule has 0 atom stereocenters. The first-order valence-corrected chi connectivity index (χ1v) is 4.03. The summed E-state index contributed by atoms with van der Waals surface area (Å²) in [4.78, 5) is 16.2. The van der Waals surface area contributed by atoms with Crippen LogP contribution < -0.4 is 4.74 Å². The Labute approximate surface area is 80.8 Å². The summed E-state index contributed by atoms with van der Waals surface area (Å²) in [5.41, 5.74) is 0.631. The molecule has 70 valence electrons. The van der Waals surface area contributed by atoms with E-state index in [2.05, 4.69) is 19.9 Å². The van der Waals surface area contributed by atoms with E-state index in [1.54, 1.807) is 38.0 Å². The van der Waals surface area contributed by atoms with Crippen molar-refractivity contribution in [3.05, 3.63) is 30.9 Å². The molecule has 0 unspecified atom stereocenters. The van der Waals surface area contributed by atoms with Gasteiger partial charge in [-0.3, -0.25) is 4.98 Å². The molecule has 0 aliphatic carbocycles. The number of nitrogens with zero attached hydrogens (tertiary/aromatic N) is 4. The van der Waals surface area contributed by atoms with E-state index in [9.17, 15) is 0 Å². The van der Waals surface area contributed by atoms with Crippen molar-refractivity contribution in [1.82, 2.24) is 19.9 Å². The predicted octanol–water partition coefficient (Wildman–Crippen LogP) is 0.942. The van der Waals surface area contributed by atoms with Gasteiger partial charge in [0.1, 0.15) is 5.69 Å². The zero-order valence-electron chi connectivity index (χ0n) is 7.58. The Bertz CT molecular complexity index is 418. The number of ether oxygens (including phenoxy) is 1. The summed E-state index contributed by atoms with van der Waals surface area (Å²) in [7, 11) is 1.56. The zero-order valence-corrected chi connectivity index (χ0v) is 7.58. The molecular weight excluding hydrogens is 180 g/mol. The molecule has 0 aliphatic heterocycles. The maximum absolute atomic E-state index is 4.98. The summed E-state index contributed by atoms with van der Waals surface area (Å²) >= 11 is 0. The van der Waals surface area contributed by atoms with Crippen molar-refractivity contribution in [1.29, 1.82) is 0 Å². The van der Waals surface area contributed by atoms with Gasteiger partial charge in [0.15, 0.2) is 5.82 Å². The standard InChI is InChI=1S/C9H8N4O/c1-14-8-2-3-12-9(13-8)7-6-10-4-5-11-7/h2-6H,1H3. The molecule has 14 heavy (non-hydrogen) atoms. The second-order valence-electron chi connectivity index (χ2n) is 2.51. The average Bonchev–Trinajstić information content (AvgIpc) is 2.30. The average molecular weight is 188 g/mol. The maximum Gasteiger partial charge on any atom is 0.216 e. The van der Waals surface area contributed by atoms with Gasteiger partial charge in [0.05, 0.1) is 13.3 Å². The van der Waals surface area contributed by atoms with E-state index >= 15 is 0 Å². The van der Waals surface area contributed by atoms with Crippen LogP contribution in [0.3, 0.4) is 0 Å². The fraction of sp³-hybridized carbons (Fsp3) is 0.111. The van der Waals surface area contributed by atoms with Crippen molar-refractivity contribution < 1.29 is 4.74 Å². The Morgan fingerprint density at radius 1 is 1.14 bits per heavy atom. The lowest BCUT2D eigenvalue weighted by atomic mass is 10.4. The number of hydrogen-bond acceptors (Lipinski definition) is 5. The normalized spacial score (nSPS) is 9.79. The summed E-state index contributed by atoms with van der Waals surface area (Å²) in [5.74, 6) is 1.03. The largest absolute Gasteiger partial charge is 0.481 e. The van der Waals surface area contributed by atoms with Crippen LogP contribution in [-0.2, 0) is 0 Å². The van der Waals surface area contributed by atoms with Gasteiger partial charge in [-0.25, -0.2) is 9.97 Å². The summed E-state index contributed by atoms with van der Waals surface area (Å²) in [6, 6.07) is 1.68. The molecule has 5 nitrogen and oxygen atoms in total. The molecule has 0 saturated heterocycles. The summed E-state index contributed by atoms with van der Waals surface area (Å²) in [5, 5.41) is 0. The van der Waals surface area contributed by atoms with Crippen LogP contribution in [0.4, 0.5) is 0 Å². The fourth-order valence-electron chi connectivity index (χ4n) is 0.994. The zero-order chi connectivity index (χ0) is 9.80. The third-order valence-electron chi connectivity index (χ3n) is 1.63. The molecule has 5 heteroatoms. The third-order valence-corrected chi connectivity index (χ3v) is 1.63. The molecular formula is C9H8N4O. The Balaban J connectivity index is 2.42. The molecule has 0 aliphatic rings. The van der Waals surface area contributed by atoms with E-state index in [4.69, 9.17) is 4.74 Å². The topological polar surface area (TPSA) is 60.8 Å². The van der Waals surface area contributed by atoms with Crippen LogP contribution in [0.1, 0.15) is 0 Å². The van der Waals surface area contributed by atoms with Crippen LogP contribution in [0.5, 0.6) is 5.88 Å². The summed E-state index contributed by atoms with van der Waals surface area (Å²) in [6.07, 6.45) is 6.42. The lowest BCUT2D eigenvalue weighted by Gasteiger charge is -2.00. The van der Waals surface area contributed by atoms with Crippen molar-refractivity contribution in [3.63, 3.8) is 0 Å². The van der Waals surface area contributed by atoms with E-state index in [-0.39, 0.29) is 0 Å². The summed E-state index contributed by atoms with van der Waals surface area (Å²) in [6.45, 7) is 0. The second kappa shape index (κ2) is 3.78. The van der Waals surface area contributed by atoms with Gasteiger partial charge in [-0.1, -0.05) is 0 Å². The molecule has 0 bridgehead atoms. The number of aromatic nitrogens is 4. The van der Waals surface area contributed by atoms with E-state index in [0.717, 1.165) is 0 Å². The van der Waals surface area contributed by atoms with E-state index in [1.165, 1.54) is 0 Å². The molecule has 0 saturated carbocycles. The highest BCUT2D eigenvalue weighted by molar-refractivity contribution is 5.46. The highest BCUT2D eigenvalue weighted by Crippen LogP contribution is 2.12. The van der Waals surface area contributed by atoms with Crippen LogP contribution in [0.15, 0.2) is 30.9 Å². The minimum absolute atomic E-state index is 0.512. The predicted molar refractivity (Wildman–Crippen MR) is 49.6 cm³/mol. The molecule has 0 aromatic carbocycles. The van der Waals surface area contributed by atoms with Crippen molar-refractivity contribution in [2.24, 2.45) is 0 Å². The van der Waals surface area contributed by atoms with E-state index < -0.39 is 0 Å². The number of rotatable bonds is 2. The molecule has 0 amide bonds. The lowest BCUT2D eigenvalue weighted by Crippen LogP contribution is -1.94. The Hall–Kier alpha value is -2.04. The molecule has 0 fully saturated rings. The highest BCUT2D eigenvalue weighted by Gasteiger charge is 2.02. The first-order valence-electron chi connectivity index (χ1n) is 4.03. The van der Waals surface area contributed by atoms with Crippen molar-refractivity contribution in [2.45, 2.75) is 0 Å². The Morgan fingerprint density at radius 3 is 2.79 bits per heavy atom. The Morgan fingerprint density at radius 2 is 2.07 bits per heavy atom. The van der Waals surface area contributed by atoms with Gasteiger partial charge < -0.3 is 4.74 Å². The molecule has 0 radical (unpaired) electrons. The molecule has 0 N–H and O–H groups in total. The van der Waals surface area contributed by atoms with Crippen LogP contribution in [-0.4, -0.2) is 27.0 Å². The van der Waals surface area contributed by atoms with Crippen LogP contribution in [0, 0.1) is 0 Å². The van der Waals surface area contributed by atoms with Gasteiger partial charge in [-0.15, -0.1) is 0 Å². The van der Waals surface area contributed by atoms with Gasteiger partial charge in [-0.2, -0.15) is 4.98 Å².